The van der Waals surface area contributed by atoms with Crippen molar-refractivity contribution in [3.05, 3.63) is 57.9 Å². The molecule has 0 radical (unpaired) electrons. The van der Waals surface area contributed by atoms with Crippen LogP contribution in [0.1, 0.15) is 28.4 Å². The van der Waals surface area contributed by atoms with E-state index in [1.807, 2.05) is 50.4 Å². The second-order valence-electron chi connectivity index (χ2n) is 6.61. The van der Waals surface area contributed by atoms with E-state index >= 15 is 0 Å². The molecule has 28 heavy (non-hydrogen) atoms. The zero-order valence-electron chi connectivity index (χ0n) is 15.9. The minimum atomic E-state index is -0.0326. The van der Waals surface area contributed by atoms with Gasteiger partial charge in [0, 0.05) is 34.4 Å². The lowest BCUT2D eigenvalue weighted by Crippen LogP contribution is -2.14. The van der Waals surface area contributed by atoms with Crippen LogP contribution in [0, 0.1) is 20.8 Å². The van der Waals surface area contributed by atoms with E-state index in [-0.39, 0.29) is 5.91 Å². The molecule has 7 nitrogen and oxygen atoms in total. The van der Waals surface area contributed by atoms with E-state index in [0.717, 1.165) is 38.9 Å². The third-order valence-electron chi connectivity index (χ3n) is 4.67. The van der Waals surface area contributed by atoms with E-state index in [2.05, 4.69) is 25.4 Å². The van der Waals surface area contributed by atoms with Crippen LogP contribution < -0.4 is 5.32 Å². The summed E-state index contributed by atoms with van der Waals surface area (Å²) in [5.41, 5.74) is 5.66. The fraction of sp³-hybridized carbons (Fsp3) is 0.250. The van der Waals surface area contributed by atoms with Crippen LogP contribution >= 0.6 is 11.3 Å². The lowest BCUT2D eigenvalue weighted by atomic mass is 10.1. The van der Waals surface area contributed by atoms with Gasteiger partial charge in [0.25, 0.3) is 5.78 Å². The van der Waals surface area contributed by atoms with Crippen LogP contribution in [0.5, 0.6) is 0 Å². The van der Waals surface area contributed by atoms with Crippen molar-refractivity contribution < 1.29 is 4.79 Å². The number of aromatic nitrogens is 5. The van der Waals surface area contributed by atoms with E-state index in [0.29, 0.717) is 18.6 Å². The Morgan fingerprint density at radius 2 is 1.93 bits per heavy atom. The summed E-state index contributed by atoms with van der Waals surface area (Å²) < 4.78 is 1.71. The van der Waals surface area contributed by atoms with Crippen LogP contribution in [0.2, 0.25) is 0 Å². The van der Waals surface area contributed by atoms with Gasteiger partial charge >= 0.3 is 0 Å². The largest absolute Gasteiger partial charge is 0.326 e. The molecule has 1 aromatic carbocycles. The molecule has 3 heterocycles. The molecule has 0 atom stereocenters. The molecule has 0 aliphatic heterocycles. The van der Waals surface area contributed by atoms with Gasteiger partial charge in [-0.25, -0.2) is 14.5 Å². The Hall–Kier alpha value is -3.13. The van der Waals surface area contributed by atoms with Crippen molar-refractivity contribution >= 4 is 28.7 Å². The standard InChI is InChI=1S/C20H20N6OS/c1-12-17(13(2)26-20(23-12)21-11-22-26)8-9-19(27)25-16-6-4-15(5-7-16)18-10-28-14(3)24-18/h4-7,10-11H,8-9H2,1-3H3,(H,25,27). The molecule has 4 rings (SSSR count). The van der Waals surface area contributed by atoms with Crippen LogP contribution in [0.25, 0.3) is 17.0 Å². The number of carbonyl (C=O) groups is 1. The van der Waals surface area contributed by atoms with E-state index in [9.17, 15) is 4.79 Å². The Balaban J connectivity index is 1.41. The number of nitrogens with zero attached hydrogens (tertiary/aromatic N) is 5. The van der Waals surface area contributed by atoms with Gasteiger partial charge in [-0.15, -0.1) is 11.3 Å². The minimum absolute atomic E-state index is 0.0326. The summed E-state index contributed by atoms with van der Waals surface area (Å²) in [6.45, 7) is 5.90. The summed E-state index contributed by atoms with van der Waals surface area (Å²) in [4.78, 5) is 25.5. The molecular formula is C20H20N6OS. The van der Waals surface area contributed by atoms with Crippen molar-refractivity contribution in [2.45, 2.75) is 33.6 Å². The van der Waals surface area contributed by atoms with Gasteiger partial charge in [0.1, 0.15) is 6.33 Å². The summed E-state index contributed by atoms with van der Waals surface area (Å²) in [7, 11) is 0. The van der Waals surface area contributed by atoms with Crippen LogP contribution in [-0.2, 0) is 11.2 Å². The van der Waals surface area contributed by atoms with Gasteiger partial charge in [-0.2, -0.15) is 10.1 Å². The van der Waals surface area contributed by atoms with Crippen molar-refractivity contribution in [1.29, 1.82) is 0 Å². The topological polar surface area (TPSA) is 85.1 Å². The van der Waals surface area contributed by atoms with Crippen molar-refractivity contribution in [2.24, 2.45) is 0 Å². The maximum absolute atomic E-state index is 12.4. The summed E-state index contributed by atoms with van der Waals surface area (Å²) in [6.07, 6.45) is 2.46. The van der Waals surface area contributed by atoms with Gasteiger partial charge in [-0.3, -0.25) is 4.79 Å². The molecule has 142 valence electrons. The number of carbonyl (C=O) groups excluding carboxylic acids is 1. The van der Waals surface area contributed by atoms with Crippen molar-refractivity contribution in [3.8, 4) is 11.3 Å². The number of thiazole rings is 1. The first kappa shape index (κ1) is 18.2. The molecule has 0 saturated heterocycles. The molecule has 0 aliphatic carbocycles. The number of benzene rings is 1. The van der Waals surface area contributed by atoms with Gasteiger partial charge < -0.3 is 5.32 Å². The molecule has 0 aliphatic rings. The Bertz CT molecular complexity index is 1150. The maximum atomic E-state index is 12.4. The summed E-state index contributed by atoms with van der Waals surface area (Å²) in [5, 5.41) is 10.2. The highest BCUT2D eigenvalue weighted by molar-refractivity contribution is 7.09. The fourth-order valence-electron chi connectivity index (χ4n) is 3.20. The van der Waals surface area contributed by atoms with Crippen LogP contribution in [-0.4, -0.2) is 30.5 Å². The van der Waals surface area contributed by atoms with E-state index in [1.165, 1.54) is 6.33 Å². The highest BCUT2D eigenvalue weighted by atomic mass is 32.1. The number of nitrogens with one attached hydrogen (secondary N) is 1. The molecule has 0 spiro atoms. The first-order chi connectivity index (χ1) is 13.5. The summed E-state index contributed by atoms with van der Waals surface area (Å²) in [5.74, 6) is 0.549. The Morgan fingerprint density at radius 1 is 1.14 bits per heavy atom. The Labute approximate surface area is 166 Å². The van der Waals surface area contributed by atoms with E-state index in [1.54, 1.807) is 15.9 Å². The monoisotopic (exact) mass is 392 g/mol. The predicted octanol–water partition coefficient (Wildman–Crippen LogP) is 3.74. The first-order valence-electron chi connectivity index (χ1n) is 8.99. The SMILES string of the molecule is Cc1nc(-c2ccc(NC(=O)CCc3c(C)nc4ncnn4c3C)cc2)cs1. The first-order valence-corrected chi connectivity index (χ1v) is 9.87. The quantitative estimate of drug-likeness (QED) is 0.559. The highest BCUT2D eigenvalue weighted by Crippen LogP contribution is 2.23. The maximum Gasteiger partial charge on any atom is 0.252 e. The van der Waals surface area contributed by atoms with Gasteiger partial charge in [0.05, 0.1) is 10.7 Å². The number of hydrogen-bond acceptors (Lipinski definition) is 6. The molecule has 1 amide bonds. The number of aryl methyl sites for hydroxylation is 3. The summed E-state index contributed by atoms with van der Waals surface area (Å²) >= 11 is 1.63. The molecular weight excluding hydrogens is 372 g/mol. The number of amides is 1. The number of hydrogen-bond donors (Lipinski definition) is 1. The smallest absolute Gasteiger partial charge is 0.252 e. The van der Waals surface area contributed by atoms with Gasteiger partial charge in [0.15, 0.2) is 0 Å². The fourth-order valence-corrected chi connectivity index (χ4v) is 3.82. The minimum Gasteiger partial charge on any atom is -0.326 e. The van der Waals surface area contributed by atoms with Crippen molar-refractivity contribution in [3.63, 3.8) is 0 Å². The molecule has 0 fully saturated rings. The predicted molar refractivity (Wildman–Crippen MR) is 109 cm³/mol. The lowest BCUT2D eigenvalue weighted by molar-refractivity contribution is -0.116. The zero-order chi connectivity index (χ0) is 19.7. The van der Waals surface area contributed by atoms with E-state index in [4.69, 9.17) is 0 Å². The van der Waals surface area contributed by atoms with Gasteiger partial charge in [-0.05, 0) is 44.9 Å². The molecule has 3 aromatic heterocycles. The third-order valence-corrected chi connectivity index (χ3v) is 5.45. The van der Waals surface area contributed by atoms with Crippen molar-refractivity contribution in [2.75, 3.05) is 5.32 Å². The number of fused-ring (bicyclic) bond motifs is 1. The normalized spacial score (nSPS) is 11.1. The Morgan fingerprint density at radius 3 is 2.64 bits per heavy atom. The zero-order valence-corrected chi connectivity index (χ0v) is 16.7. The molecule has 8 heteroatoms. The average Bonchev–Trinajstić information content (AvgIpc) is 3.31. The highest BCUT2D eigenvalue weighted by Gasteiger charge is 2.13. The lowest BCUT2D eigenvalue weighted by Gasteiger charge is -2.11. The molecule has 0 saturated carbocycles. The van der Waals surface area contributed by atoms with Gasteiger partial charge in [-0.1, -0.05) is 12.1 Å². The second-order valence-corrected chi connectivity index (χ2v) is 7.67. The molecule has 1 N–H and O–H groups in total. The Kier molecular flexibility index (Phi) is 4.87. The average molecular weight is 392 g/mol. The van der Waals surface area contributed by atoms with Crippen LogP contribution in [0.3, 0.4) is 0 Å². The molecule has 0 bridgehead atoms. The molecule has 0 unspecified atom stereocenters. The molecule has 4 aromatic rings. The van der Waals surface area contributed by atoms with E-state index < -0.39 is 0 Å². The van der Waals surface area contributed by atoms with Crippen LogP contribution in [0.4, 0.5) is 5.69 Å². The third kappa shape index (κ3) is 3.63. The number of anilines is 1. The van der Waals surface area contributed by atoms with Gasteiger partial charge in [0.2, 0.25) is 5.91 Å². The van der Waals surface area contributed by atoms with Crippen molar-refractivity contribution in [1.82, 2.24) is 24.6 Å². The summed E-state index contributed by atoms with van der Waals surface area (Å²) in [6, 6.07) is 7.75. The van der Waals surface area contributed by atoms with Crippen LogP contribution in [0.15, 0.2) is 36.0 Å². The number of rotatable bonds is 5. The second kappa shape index (κ2) is 7.47.